The van der Waals surface area contributed by atoms with E-state index >= 15 is 0 Å². The number of nitrogen functional groups attached to an aromatic ring is 1. The molecule has 20 heavy (non-hydrogen) atoms. The van der Waals surface area contributed by atoms with Crippen LogP contribution < -0.4 is 10.5 Å². The van der Waals surface area contributed by atoms with Gasteiger partial charge in [-0.05, 0) is 19.1 Å². The molecule has 6 nitrogen and oxygen atoms in total. The molecule has 0 spiro atoms. The molecule has 108 valence electrons. The molecule has 1 heterocycles. The fourth-order valence-corrected chi connectivity index (χ4v) is 3.58. The lowest BCUT2D eigenvalue weighted by Gasteiger charge is -2.10. The Bertz CT molecular complexity index is 720. The van der Waals surface area contributed by atoms with Crippen molar-refractivity contribution in [1.29, 1.82) is 0 Å². The van der Waals surface area contributed by atoms with Gasteiger partial charge in [-0.2, -0.15) is 0 Å². The molecule has 0 aliphatic heterocycles. The van der Waals surface area contributed by atoms with Crippen molar-refractivity contribution in [3.8, 4) is 0 Å². The Morgan fingerprint density at radius 1 is 1.35 bits per heavy atom. The molecule has 0 saturated carbocycles. The number of halogens is 2. The number of aromatic nitrogens is 1. The minimum absolute atomic E-state index is 0.0243. The number of hydrogen-bond acceptors (Lipinski definition) is 5. The van der Waals surface area contributed by atoms with Crippen LogP contribution in [0.5, 0.6) is 0 Å². The van der Waals surface area contributed by atoms with Crippen LogP contribution in [0.25, 0.3) is 0 Å². The van der Waals surface area contributed by atoms with Gasteiger partial charge in [-0.25, -0.2) is 13.1 Å². The van der Waals surface area contributed by atoms with Gasteiger partial charge in [0.1, 0.15) is 4.90 Å². The van der Waals surface area contributed by atoms with Gasteiger partial charge in [-0.1, -0.05) is 28.4 Å². The molecular weight excluding hydrogens is 325 g/mol. The van der Waals surface area contributed by atoms with E-state index in [1.165, 1.54) is 12.1 Å². The average Bonchev–Trinajstić information content (AvgIpc) is 2.71. The van der Waals surface area contributed by atoms with E-state index in [0.717, 1.165) is 0 Å². The summed E-state index contributed by atoms with van der Waals surface area (Å²) in [6, 6.07) is 4.25. The third-order valence-electron chi connectivity index (χ3n) is 2.42. The number of nitrogens with one attached hydrogen (secondary N) is 1. The fraction of sp³-hybridized carbons (Fsp3) is 0.182. The summed E-state index contributed by atoms with van der Waals surface area (Å²) in [5.74, 6) is 0.384. The second-order valence-electron chi connectivity index (χ2n) is 4.07. The number of benzene rings is 1. The van der Waals surface area contributed by atoms with E-state index in [0.29, 0.717) is 11.5 Å². The van der Waals surface area contributed by atoms with E-state index in [4.69, 9.17) is 33.5 Å². The van der Waals surface area contributed by atoms with E-state index in [-0.39, 0.29) is 27.2 Å². The summed E-state index contributed by atoms with van der Waals surface area (Å²) < 4.78 is 31.6. The van der Waals surface area contributed by atoms with Crippen LogP contribution in [0.15, 0.2) is 27.6 Å². The maximum absolute atomic E-state index is 12.2. The number of hydrogen-bond donors (Lipinski definition) is 2. The number of sulfonamides is 1. The van der Waals surface area contributed by atoms with E-state index in [2.05, 4.69) is 9.88 Å². The highest BCUT2D eigenvalue weighted by Crippen LogP contribution is 2.31. The van der Waals surface area contributed by atoms with Crippen LogP contribution in [-0.2, 0) is 16.6 Å². The fourth-order valence-electron chi connectivity index (χ4n) is 1.60. The predicted molar refractivity (Wildman–Crippen MR) is 76.1 cm³/mol. The Balaban J connectivity index is 2.27. The summed E-state index contributed by atoms with van der Waals surface area (Å²) in [5.41, 5.74) is 6.29. The highest BCUT2D eigenvalue weighted by atomic mass is 35.5. The number of nitrogens with zero attached hydrogens (tertiary/aromatic N) is 1. The lowest BCUT2D eigenvalue weighted by atomic mass is 10.3. The standard InChI is InChI=1S/C11H11Cl2N3O3S/c1-6-2-8(19-16-6)5-15-20(17,18)11-9(13)3-7(12)4-10(11)14/h2-4,15H,5,14H2,1H3. The zero-order valence-corrected chi connectivity index (χ0v) is 12.7. The molecule has 9 heteroatoms. The molecule has 0 unspecified atom stereocenters. The van der Waals surface area contributed by atoms with Gasteiger partial charge in [0.15, 0.2) is 5.76 Å². The molecule has 0 bridgehead atoms. The third-order valence-corrected chi connectivity index (χ3v) is 4.56. The first kappa shape index (κ1) is 15.1. The predicted octanol–water partition coefficient (Wildman–Crippen LogP) is 2.35. The highest BCUT2D eigenvalue weighted by Gasteiger charge is 2.22. The Morgan fingerprint density at radius 2 is 2.05 bits per heavy atom. The van der Waals surface area contributed by atoms with Crippen molar-refractivity contribution < 1.29 is 12.9 Å². The molecule has 0 radical (unpaired) electrons. The second kappa shape index (κ2) is 5.61. The first-order valence-electron chi connectivity index (χ1n) is 5.46. The van der Waals surface area contributed by atoms with Crippen molar-refractivity contribution in [2.75, 3.05) is 5.73 Å². The van der Waals surface area contributed by atoms with Gasteiger partial charge in [0.05, 0.1) is 22.9 Å². The van der Waals surface area contributed by atoms with E-state index in [1.807, 2.05) is 0 Å². The van der Waals surface area contributed by atoms with E-state index in [9.17, 15) is 8.42 Å². The van der Waals surface area contributed by atoms with Crippen molar-refractivity contribution in [3.05, 3.63) is 39.7 Å². The Hall–Kier alpha value is -1.28. The second-order valence-corrected chi connectivity index (χ2v) is 6.61. The summed E-state index contributed by atoms with van der Waals surface area (Å²) in [6.07, 6.45) is 0. The van der Waals surface area contributed by atoms with Gasteiger partial charge in [-0.15, -0.1) is 0 Å². The van der Waals surface area contributed by atoms with Crippen LogP contribution in [0.3, 0.4) is 0 Å². The number of nitrogens with two attached hydrogens (primary N) is 1. The summed E-state index contributed by atoms with van der Waals surface area (Å²) in [5, 5.41) is 3.87. The van der Waals surface area contributed by atoms with Gasteiger partial charge in [0.25, 0.3) is 0 Å². The molecule has 0 atom stereocenters. The zero-order valence-electron chi connectivity index (χ0n) is 10.4. The summed E-state index contributed by atoms with van der Waals surface area (Å²) in [4.78, 5) is -0.209. The SMILES string of the molecule is Cc1cc(CNS(=O)(=O)c2c(N)cc(Cl)cc2Cl)on1. The molecule has 0 aliphatic carbocycles. The van der Waals surface area contributed by atoms with Gasteiger partial charge in [0.2, 0.25) is 10.0 Å². The average molecular weight is 336 g/mol. The molecule has 0 aliphatic rings. The summed E-state index contributed by atoms with van der Waals surface area (Å²) in [7, 11) is -3.88. The lowest BCUT2D eigenvalue weighted by Crippen LogP contribution is -2.24. The first-order valence-corrected chi connectivity index (χ1v) is 7.70. The van der Waals surface area contributed by atoms with Crippen LogP contribution >= 0.6 is 23.2 Å². The van der Waals surface area contributed by atoms with Gasteiger partial charge in [0, 0.05) is 11.1 Å². The van der Waals surface area contributed by atoms with Crippen LogP contribution in [0.4, 0.5) is 5.69 Å². The quantitative estimate of drug-likeness (QED) is 0.835. The number of anilines is 1. The molecular formula is C11H11Cl2N3O3S. The third kappa shape index (κ3) is 3.24. The molecule has 3 N–H and O–H groups in total. The highest BCUT2D eigenvalue weighted by molar-refractivity contribution is 7.89. The van der Waals surface area contributed by atoms with Crippen LogP contribution in [0, 0.1) is 6.92 Å². The van der Waals surface area contributed by atoms with Crippen LogP contribution in [0.1, 0.15) is 11.5 Å². The topological polar surface area (TPSA) is 98.2 Å². The molecule has 0 fully saturated rings. The molecule has 1 aromatic heterocycles. The number of aryl methyl sites for hydroxylation is 1. The first-order chi connectivity index (χ1) is 9.29. The zero-order chi connectivity index (χ0) is 14.9. The summed E-state index contributed by atoms with van der Waals surface area (Å²) in [6.45, 7) is 1.68. The van der Waals surface area contributed by atoms with E-state index in [1.54, 1.807) is 13.0 Å². The van der Waals surface area contributed by atoms with Crippen LogP contribution in [-0.4, -0.2) is 13.6 Å². The minimum atomic E-state index is -3.88. The van der Waals surface area contributed by atoms with Crippen LogP contribution in [0.2, 0.25) is 10.0 Å². The van der Waals surface area contributed by atoms with Crippen molar-refractivity contribution in [2.45, 2.75) is 18.4 Å². The molecule has 2 rings (SSSR count). The number of rotatable bonds is 4. The van der Waals surface area contributed by atoms with Gasteiger partial charge >= 0.3 is 0 Å². The minimum Gasteiger partial charge on any atom is -0.398 e. The Kier molecular flexibility index (Phi) is 4.24. The van der Waals surface area contributed by atoms with Gasteiger partial charge in [-0.3, -0.25) is 0 Å². The van der Waals surface area contributed by atoms with Crippen molar-refractivity contribution >= 4 is 38.9 Å². The lowest BCUT2D eigenvalue weighted by molar-refractivity contribution is 0.377. The molecule has 2 aromatic rings. The normalized spacial score (nSPS) is 11.8. The van der Waals surface area contributed by atoms with Gasteiger partial charge < -0.3 is 10.3 Å². The van der Waals surface area contributed by atoms with Crippen molar-refractivity contribution in [3.63, 3.8) is 0 Å². The molecule has 0 amide bonds. The monoisotopic (exact) mass is 335 g/mol. The Labute approximate surface area is 125 Å². The maximum Gasteiger partial charge on any atom is 0.244 e. The van der Waals surface area contributed by atoms with E-state index < -0.39 is 10.0 Å². The smallest absolute Gasteiger partial charge is 0.244 e. The molecule has 0 saturated heterocycles. The molecule has 1 aromatic carbocycles. The Morgan fingerprint density at radius 3 is 2.60 bits per heavy atom. The van der Waals surface area contributed by atoms with Crippen molar-refractivity contribution in [1.82, 2.24) is 9.88 Å². The summed E-state index contributed by atoms with van der Waals surface area (Å²) >= 11 is 11.6. The largest absolute Gasteiger partial charge is 0.398 e. The maximum atomic E-state index is 12.2. The van der Waals surface area contributed by atoms with Crippen molar-refractivity contribution in [2.24, 2.45) is 0 Å².